The normalized spacial score (nSPS) is 11.9. The second kappa shape index (κ2) is 9.21. The van der Waals surface area contributed by atoms with Gasteiger partial charge in [0.1, 0.15) is 5.75 Å². The molecule has 3 aromatic carbocycles. The summed E-state index contributed by atoms with van der Waals surface area (Å²) in [4.78, 5) is 0. The van der Waals surface area contributed by atoms with Crippen LogP contribution in [0.1, 0.15) is 35.2 Å². The average Bonchev–Trinajstić information content (AvgIpc) is 2.69. The Labute approximate surface area is 156 Å². The summed E-state index contributed by atoms with van der Waals surface area (Å²) in [6.07, 6.45) is 0.928. The van der Waals surface area contributed by atoms with E-state index in [9.17, 15) is 0 Å². The first-order valence-electron chi connectivity index (χ1n) is 9.26. The van der Waals surface area contributed by atoms with Crippen molar-refractivity contribution in [3.8, 4) is 5.75 Å². The lowest BCUT2D eigenvalue weighted by Crippen LogP contribution is -2.18. The van der Waals surface area contributed by atoms with Crippen LogP contribution in [0.5, 0.6) is 5.75 Å². The minimum absolute atomic E-state index is 0.301. The van der Waals surface area contributed by atoms with E-state index in [0.29, 0.717) is 12.6 Å². The number of rotatable bonds is 8. The summed E-state index contributed by atoms with van der Waals surface area (Å²) < 4.78 is 5.86. The molecule has 2 heteroatoms. The maximum absolute atomic E-state index is 5.86. The standard InChI is InChI=1S/C24H27NO/c1-19-8-10-22(11-9-19)18-25-20(2)23-12-14-24(15-13-23)26-17-16-21-6-4-3-5-7-21/h3-15,20,25H,16-18H2,1-2H3. The van der Waals surface area contributed by atoms with Crippen molar-refractivity contribution in [1.29, 1.82) is 0 Å². The molecule has 0 saturated heterocycles. The van der Waals surface area contributed by atoms with E-state index in [-0.39, 0.29) is 0 Å². The molecule has 0 bridgehead atoms. The summed E-state index contributed by atoms with van der Waals surface area (Å²) in [5.41, 5.74) is 5.18. The lowest BCUT2D eigenvalue weighted by atomic mass is 10.1. The van der Waals surface area contributed by atoms with E-state index in [2.05, 4.69) is 92.0 Å². The monoisotopic (exact) mass is 345 g/mol. The SMILES string of the molecule is Cc1ccc(CNC(C)c2ccc(OCCc3ccccc3)cc2)cc1. The summed E-state index contributed by atoms with van der Waals surface area (Å²) in [5, 5.41) is 3.58. The maximum atomic E-state index is 5.86. The van der Waals surface area contributed by atoms with E-state index >= 15 is 0 Å². The molecule has 3 rings (SSSR count). The van der Waals surface area contributed by atoms with Gasteiger partial charge < -0.3 is 10.1 Å². The molecular weight excluding hydrogens is 318 g/mol. The van der Waals surface area contributed by atoms with Gasteiger partial charge in [-0.1, -0.05) is 72.3 Å². The molecule has 0 aliphatic heterocycles. The van der Waals surface area contributed by atoms with E-state index in [1.54, 1.807) is 0 Å². The Morgan fingerprint density at radius 2 is 1.50 bits per heavy atom. The number of benzene rings is 3. The van der Waals surface area contributed by atoms with Crippen LogP contribution >= 0.6 is 0 Å². The van der Waals surface area contributed by atoms with Crippen molar-refractivity contribution in [1.82, 2.24) is 5.32 Å². The third kappa shape index (κ3) is 5.47. The van der Waals surface area contributed by atoms with Crippen LogP contribution in [0, 0.1) is 6.92 Å². The molecule has 0 spiro atoms. The molecule has 1 unspecified atom stereocenters. The molecule has 1 atom stereocenters. The molecule has 134 valence electrons. The fraction of sp³-hybridized carbons (Fsp3) is 0.250. The van der Waals surface area contributed by atoms with Crippen molar-refractivity contribution >= 4 is 0 Å². The van der Waals surface area contributed by atoms with Crippen LogP contribution in [0.4, 0.5) is 0 Å². The lowest BCUT2D eigenvalue weighted by Gasteiger charge is -2.15. The van der Waals surface area contributed by atoms with Crippen molar-refractivity contribution in [2.45, 2.75) is 32.9 Å². The molecule has 1 N–H and O–H groups in total. The first kappa shape index (κ1) is 18.2. The summed E-state index contributed by atoms with van der Waals surface area (Å²) in [6, 6.07) is 27.8. The maximum Gasteiger partial charge on any atom is 0.119 e. The van der Waals surface area contributed by atoms with Crippen molar-refractivity contribution in [3.63, 3.8) is 0 Å². The van der Waals surface area contributed by atoms with Gasteiger partial charge in [0.2, 0.25) is 0 Å². The number of ether oxygens (including phenoxy) is 1. The van der Waals surface area contributed by atoms with Crippen LogP contribution < -0.4 is 10.1 Å². The third-order valence-corrected chi connectivity index (χ3v) is 4.62. The third-order valence-electron chi connectivity index (χ3n) is 4.62. The zero-order valence-corrected chi connectivity index (χ0v) is 15.6. The Bertz CT molecular complexity index is 779. The second-order valence-electron chi connectivity index (χ2n) is 6.74. The van der Waals surface area contributed by atoms with Crippen LogP contribution in [0.25, 0.3) is 0 Å². The molecule has 0 aromatic heterocycles. The van der Waals surface area contributed by atoms with Gasteiger partial charge >= 0.3 is 0 Å². The van der Waals surface area contributed by atoms with Gasteiger partial charge in [-0.2, -0.15) is 0 Å². The number of hydrogen-bond donors (Lipinski definition) is 1. The second-order valence-corrected chi connectivity index (χ2v) is 6.74. The molecule has 0 fully saturated rings. The highest BCUT2D eigenvalue weighted by atomic mass is 16.5. The van der Waals surface area contributed by atoms with Crippen LogP contribution in [0.3, 0.4) is 0 Å². The van der Waals surface area contributed by atoms with Gasteiger partial charge in [0, 0.05) is 19.0 Å². The van der Waals surface area contributed by atoms with Gasteiger partial charge in [-0.05, 0) is 42.7 Å². The molecule has 2 nitrogen and oxygen atoms in total. The van der Waals surface area contributed by atoms with Gasteiger partial charge in [0.15, 0.2) is 0 Å². The topological polar surface area (TPSA) is 21.3 Å². The van der Waals surface area contributed by atoms with E-state index in [1.165, 1.54) is 22.3 Å². The Hall–Kier alpha value is -2.58. The molecule has 0 radical (unpaired) electrons. The highest BCUT2D eigenvalue weighted by molar-refractivity contribution is 5.29. The zero-order valence-electron chi connectivity index (χ0n) is 15.6. The molecule has 0 aliphatic rings. The quantitative estimate of drug-likeness (QED) is 0.585. The first-order valence-corrected chi connectivity index (χ1v) is 9.26. The van der Waals surface area contributed by atoms with Gasteiger partial charge in [-0.25, -0.2) is 0 Å². The fourth-order valence-corrected chi connectivity index (χ4v) is 2.88. The predicted octanol–water partition coefficient (Wildman–Crippen LogP) is 5.47. The summed E-state index contributed by atoms with van der Waals surface area (Å²) in [7, 11) is 0. The zero-order chi connectivity index (χ0) is 18.2. The van der Waals surface area contributed by atoms with Gasteiger partial charge in [-0.3, -0.25) is 0 Å². The summed E-state index contributed by atoms with van der Waals surface area (Å²) in [6.45, 7) is 5.88. The molecular formula is C24H27NO. The van der Waals surface area contributed by atoms with Crippen LogP contribution in [0.2, 0.25) is 0 Å². The van der Waals surface area contributed by atoms with Gasteiger partial charge in [0.25, 0.3) is 0 Å². The van der Waals surface area contributed by atoms with E-state index in [1.807, 2.05) is 6.07 Å². The van der Waals surface area contributed by atoms with E-state index in [0.717, 1.165) is 18.7 Å². The minimum Gasteiger partial charge on any atom is -0.493 e. The van der Waals surface area contributed by atoms with Crippen LogP contribution in [-0.2, 0) is 13.0 Å². The van der Waals surface area contributed by atoms with Crippen LogP contribution in [0.15, 0.2) is 78.9 Å². The van der Waals surface area contributed by atoms with Gasteiger partial charge in [-0.15, -0.1) is 0 Å². The molecule has 0 saturated carbocycles. The first-order chi connectivity index (χ1) is 12.7. The minimum atomic E-state index is 0.301. The van der Waals surface area contributed by atoms with E-state index < -0.39 is 0 Å². The van der Waals surface area contributed by atoms with Gasteiger partial charge in [0.05, 0.1) is 6.61 Å². The Kier molecular flexibility index (Phi) is 6.45. The summed E-state index contributed by atoms with van der Waals surface area (Å²) in [5.74, 6) is 0.926. The van der Waals surface area contributed by atoms with Crippen molar-refractivity contribution in [2.75, 3.05) is 6.61 Å². The molecule has 3 aromatic rings. The number of nitrogens with one attached hydrogen (secondary N) is 1. The summed E-state index contributed by atoms with van der Waals surface area (Å²) >= 11 is 0. The average molecular weight is 345 g/mol. The highest BCUT2D eigenvalue weighted by Crippen LogP contribution is 2.18. The molecule has 0 aliphatic carbocycles. The smallest absolute Gasteiger partial charge is 0.119 e. The number of aryl methyl sites for hydroxylation is 1. The van der Waals surface area contributed by atoms with Crippen LogP contribution in [-0.4, -0.2) is 6.61 Å². The van der Waals surface area contributed by atoms with Crippen molar-refractivity contribution in [3.05, 3.63) is 101 Å². The largest absolute Gasteiger partial charge is 0.493 e. The number of hydrogen-bond acceptors (Lipinski definition) is 2. The highest BCUT2D eigenvalue weighted by Gasteiger charge is 2.05. The Morgan fingerprint density at radius 3 is 2.19 bits per heavy atom. The molecule has 0 amide bonds. The molecule has 0 heterocycles. The Balaban J connectivity index is 1.46. The predicted molar refractivity (Wildman–Crippen MR) is 109 cm³/mol. The van der Waals surface area contributed by atoms with E-state index in [4.69, 9.17) is 4.74 Å². The lowest BCUT2D eigenvalue weighted by molar-refractivity contribution is 0.322. The van der Waals surface area contributed by atoms with Crippen molar-refractivity contribution < 1.29 is 4.74 Å². The Morgan fingerprint density at radius 1 is 0.808 bits per heavy atom. The fourth-order valence-electron chi connectivity index (χ4n) is 2.88. The van der Waals surface area contributed by atoms with Crippen molar-refractivity contribution in [2.24, 2.45) is 0 Å². The molecule has 26 heavy (non-hydrogen) atoms.